The van der Waals surface area contributed by atoms with Crippen LogP contribution in [0.1, 0.15) is 52.7 Å². The quantitative estimate of drug-likeness (QED) is 0.123. The maximum absolute atomic E-state index is 2.39. The minimum atomic E-state index is 0.210. The van der Waals surface area contributed by atoms with Gasteiger partial charge in [-0.2, -0.15) is 12.1 Å². The Morgan fingerprint density at radius 1 is 0.442 bits per heavy atom. The van der Waals surface area contributed by atoms with Gasteiger partial charge in [-0.05, 0) is 56.3 Å². The fourth-order valence-electron chi connectivity index (χ4n) is 7.41. The Hall–Kier alpha value is -3.84. The first-order chi connectivity index (χ1) is 24.8. The van der Waals surface area contributed by atoms with Crippen LogP contribution in [0, 0.1) is 10.8 Å². The van der Waals surface area contributed by atoms with E-state index in [9.17, 15) is 0 Å². The summed E-state index contributed by atoms with van der Waals surface area (Å²) in [6, 6.07) is 53.3. The third-order valence-corrected chi connectivity index (χ3v) is 9.25. The topological polar surface area (TPSA) is 0 Å². The third-order valence-electron chi connectivity index (χ3n) is 9.25. The van der Waals surface area contributed by atoms with Gasteiger partial charge in [0.25, 0.3) is 0 Å². The minimum absolute atomic E-state index is 0.210. The summed E-state index contributed by atoms with van der Waals surface area (Å²) in [6.07, 6.45) is 2.22. The molecule has 8 rings (SSSR count). The molecule has 52 heavy (non-hydrogen) atoms. The number of hydrogen-bond acceptors (Lipinski definition) is 0. The van der Waals surface area contributed by atoms with Crippen molar-refractivity contribution in [2.45, 2.75) is 67.5 Å². The molecule has 260 valence electrons. The van der Waals surface area contributed by atoms with Gasteiger partial charge in [0.05, 0.1) is 0 Å². The number of benzene rings is 6. The van der Waals surface area contributed by atoms with E-state index in [0.717, 1.165) is 12.8 Å². The molecule has 0 bridgehead atoms. The second-order valence-electron chi connectivity index (χ2n) is 16.9. The van der Waals surface area contributed by atoms with E-state index in [-0.39, 0.29) is 5.43 Å². The van der Waals surface area contributed by atoms with Crippen molar-refractivity contribution in [1.82, 2.24) is 0 Å². The first-order valence-electron chi connectivity index (χ1n) is 18.6. The summed E-state index contributed by atoms with van der Waals surface area (Å²) < 4.78 is 0. The van der Waals surface area contributed by atoms with E-state index < -0.39 is 0 Å². The summed E-state index contributed by atoms with van der Waals surface area (Å²) in [5.41, 5.74) is 9.03. The van der Waals surface area contributed by atoms with Crippen LogP contribution >= 0.6 is 0 Å². The molecule has 0 aromatic heterocycles. The van der Waals surface area contributed by atoms with E-state index >= 15 is 0 Å². The van der Waals surface area contributed by atoms with Crippen molar-refractivity contribution in [3.05, 3.63) is 157 Å². The molecule has 0 aliphatic carbocycles. The molecule has 0 fully saturated rings. The monoisotopic (exact) mass is 770 g/mol. The van der Waals surface area contributed by atoms with Gasteiger partial charge in [0.2, 0.25) is 0 Å². The average molecular weight is 772 g/mol. The predicted molar refractivity (Wildman–Crippen MR) is 229 cm³/mol. The Balaban J connectivity index is 0.000000162. The molecular weight excluding hydrogens is 720 g/mol. The van der Waals surface area contributed by atoms with Crippen LogP contribution in [0.15, 0.2) is 146 Å². The summed E-state index contributed by atoms with van der Waals surface area (Å²) in [5, 5.41) is 10.7. The van der Waals surface area contributed by atoms with E-state index in [1.54, 1.807) is 23.3 Å². The van der Waals surface area contributed by atoms with Crippen LogP contribution in [-0.4, -0.2) is 5.43 Å². The van der Waals surface area contributed by atoms with Crippen molar-refractivity contribution in [3.63, 3.8) is 0 Å². The standard InChI is InChI=1S/2C24H23.C2H6Si.Zr/c2*1-24(2,3)16-17-14-19-10-7-13-22(23(19)15-17)21-12-6-9-18-8-4-5-11-20(18)21;1-3-2;/h2*4-15H,16H2,1-3H3;1-2H3;/q2*-1;;+2. The van der Waals surface area contributed by atoms with Crippen molar-refractivity contribution >= 4 is 48.5 Å². The van der Waals surface area contributed by atoms with Crippen LogP contribution in [0.3, 0.4) is 0 Å². The molecule has 0 saturated carbocycles. The summed E-state index contributed by atoms with van der Waals surface area (Å²) in [4.78, 5) is 0. The molecule has 0 nitrogen and oxygen atoms in total. The summed E-state index contributed by atoms with van der Waals surface area (Å²) >= 11 is 1.74. The van der Waals surface area contributed by atoms with Crippen LogP contribution in [0.25, 0.3) is 65.3 Å². The van der Waals surface area contributed by atoms with Crippen molar-refractivity contribution in [3.8, 4) is 22.3 Å². The molecule has 0 aliphatic rings. The van der Waals surface area contributed by atoms with Crippen LogP contribution in [0.2, 0.25) is 13.1 Å². The Kier molecular flexibility index (Phi) is 11.7. The van der Waals surface area contributed by atoms with Crippen LogP contribution in [0.4, 0.5) is 0 Å². The van der Waals surface area contributed by atoms with Gasteiger partial charge in [0.15, 0.2) is 0 Å². The molecule has 0 saturated heterocycles. The number of hydrogen-bond donors (Lipinski definition) is 0. The van der Waals surface area contributed by atoms with Crippen molar-refractivity contribution in [2.24, 2.45) is 10.8 Å². The SMILES string of the molecule is CC(C)(C)Cc1cc2c(-c3cccc4ccccc34)cccc2[cH-]1.CC(C)(C)Cc1cc2c(-c3cccc4ccccc34)cccc2[cH-]1.C[Si](C)=[Zr+2]. The molecular formula is C50H52SiZr. The van der Waals surface area contributed by atoms with Gasteiger partial charge in [0, 0.05) is 0 Å². The Bertz CT molecular complexity index is 2290. The van der Waals surface area contributed by atoms with Gasteiger partial charge < -0.3 is 0 Å². The van der Waals surface area contributed by atoms with Crippen molar-refractivity contribution in [1.29, 1.82) is 0 Å². The van der Waals surface area contributed by atoms with E-state index in [4.69, 9.17) is 0 Å². The van der Waals surface area contributed by atoms with E-state index in [1.807, 2.05) is 0 Å². The van der Waals surface area contributed by atoms with Gasteiger partial charge in [-0.25, -0.2) is 0 Å². The number of rotatable bonds is 4. The Morgan fingerprint density at radius 2 is 0.750 bits per heavy atom. The van der Waals surface area contributed by atoms with Gasteiger partial charge in [-0.15, -0.1) is 69.1 Å². The third kappa shape index (κ3) is 9.38. The molecule has 0 atom stereocenters. The van der Waals surface area contributed by atoms with Gasteiger partial charge in [-0.1, -0.05) is 150 Å². The first-order valence-corrected chi connectivity index (χ1v) is 24.8. The average Bonchev–Trinajstić information content (AvgIpc) is 3.69. The van der Waals surface area contributed by atoms with Gasteiger partial charge in [-0.3, -0.25) is 0 Å². The van der Waals surface area contributed by atoms with Crippen LogP contribution in [-0.2, 0) is 36.2 Å². The molecule has 0 spiro atoms. The van der Waals surface area contributed by atoms with E-state index in [1.165, 1.54) is 76.5 Å². The summed E-state index contributed by atoms with van der Waals surface area (Å²) in [6.45, 7) is 18.4. The van der Waals surface area contributed by atoms with Crippen LogP contribution in [0.5, 0.6) is 0 Å². The van der Waals surface area contributed by atoms with Crippen molar-refractivity contribution < 1.29 is 23.3 Å². The zero-order valence-corrected chi connectivity index (χ0v) is 35.7. The Labute approximate surface area is 327 Å². The van der Waals surface area contributed by atoms with Gasteiger partial charge in [0.1, 0.15) is 0 Å². The zero-order chi connectivity index (χ0) is 37.0. The maximum atomic E-state index is 2.39. The molecule has 0 amide bonds. The zero-order valence-electron chi connectivity index (χ0n) is 32.3. The first kappa shape index (κ1) is 37.9. The van der Waals surface area contributed by atoms with E-state index in [0.29, 0.717) is 10.8 Å². The van der Waals surface area contributed by atoms with Crippen molar-refractivity contribution in [2.75, 3.05) is 0 Å². The predicted octanol–water partition coefficient (Wildman–Crippen LogP) is 14.7. The summed E-state index contributed by atoms with van der Waals surface area (Å²) in [5.74, 6) is 0. The molecule has 0 N–H and O–H groups in total. The Morgan fingerprint density at radius 3 is 1.12 bits per heavy atom. The molecule has 2 heteroatoms. The normalized spacial score (nSPS) is 11.7. The number of fused-ring (bicyclic) bond motifs is 4. The second-order valence-corrected chi connectivity index (χ2v) is 26.2. The molecule has 0 heterocycles. The second kappa shape index (κ2) is 16.0. The van der Waals surface area contributed by atoms with E-state index in [2.05, 4.69) is 200 Å². The van der Waals surface area contributed by atoms with Crippen LogP contribution < -0.4 is 0 Å². The molecule has 0 radical (unpaired) electrons. The fraction of sp³-hybridized carbons (Fsp3) is 0.240. The molecule has 8 aromatic rings. The fourth-order valence-corrected chi connectivity index (χ4v) is 7.41. The molecule has 8 aromatic carbocycles. The molecule has 0 aliphatic heterocycles. The molecule has 0 unspecified atom stereocenters. The summed E-state index contributed by atoms with van der Waals surface area (Å²) in [7, 11) is 0. The van der Waals surface area contributed by atoms with Gasteiger partial charge >= 0.3 is 41.9 Å².